The third-order valence-electron chi connectivity index (χ3n) is 2.02. The molecule has 1 rings (SSSR count). The molecule has 0 aliphatic carbocycles. The summed E-state index contributed by atoms with van der Waals surface area (Å²) in [5.41, 5.74) is 9.05. The van der Waals surface area contributed by atoms with Crippen molar-refractivity contribution in [2.45, 2.75) is 18.6 Å². The zero-order valence-electron chi connectivity index (χ0n) is 8.59. The van der Waals surface area contributed by atoms with Gasteiger partial charge in [0.25, 0.3) is 0 Å². The molecule has 8 nitrogen and oxygen atoms in total. The molecule has 17 heavy (non-hydrogen) atoms. The Bertz CT molecular complexity index is 442. The van der Waals surface area contributed by atoms with Gasteiger partial charge in [-0.05, 0) is 12.0 Å². The predicted molar refractivity (Wildman–Crippen MR) is 58.7 cm³/mol. The van der Waals surface area contributed by atoms with Crippen LogP contribution in [0.2, 0.25) is 0 Å². The van der Waals surface area contributed by atoms with E-state index in [0.717, 1.165) is 11.3 Å². The molecule has 0 aromatic carbocycles. The topological polar surface area (TPSA) is 139 Å². The first-order valence-electron chi connectivity index (χ1n) is 4.61. The lowest BCUT2D eigenvalue weighted by Gasteiger charge is -2.15. The number of carboxylic acid groups (broad SMARTS) is 1. The van der Waals surface area contributed by atoms with Crippen molar-refractivity contribution in [1.82, 2.24) is 4.98 Å². The van der Waals surface area contributed by atoms with E-state index in [1.165, 1.54) is 5.51 Å². The maximum Gasteiger partial charge on any atom is 0.355 e. The molecule has 0 aliphatic rings. The molecule has 2 unspecified atom stereocenters. The molecule has 0 radical (unpaired) electrons. The van der Waals surface area contributed by atoms with Crippen LogP contribution in [-0.2, 0) is 0 Å². The number of nitrogens with zero attached hydrogens (tertiary/aromatic N) is 4. The number of hydrogen-bond acceptors (Lipinski definition) is 6. The minimum atomic E-state index is -1.34. The van der Waals surface area contributed by atoms with Crippen molar-refractivity contribution in [2.75, 3.05) is 6.54 Å². The molecule has 0 spiro atoms. The van der Waals surface area contributed by atoms with E-state index < -0.39 is 18.2 Å². The molecular weight excluding hydrogens is 248 g/mol. The van der Waals surface area contributed by atoms with Crippen LogP contribution in [0.15, 0.2) is 10.6 Å². The van der Waals surface area contributed by atoms with Crippen LogP contribution in [0.25, 0.3) is 10.4 Å². The predicted octanol–water partition coefficient (Wildman–Crippen LogP) is 0.936. The summed E-state index contributed by atoms with van der Waals surface area (Å²) in [4.78, 5) is 16.9. The standard InChI is InChI=1S/C8H10N4O4S/c9-12-11-2-1-4(13)6(14)7-5(8(15)16)10-3-17-7/h3-4,6,13-14H,1-2H2,(H,15,16). The molecule has 92 valence electrons. The fraction of sp³-hybridized carbons (Fsp3) is 0.500. The van der Waals surface area contributed by atoms with Crippen LogP contribution in [-0.4, -0.2) is 38.9 Å². The number of aliphatic hydroxyl groups is 2. The number of rotatable bonds is 6. The van der Waals surface area contributed by atoms with Crippen molar-refractivity contribution in [2.24, 2.45) is 5.11 Å². The van der Waals surface area contributed by atoms with E-state index in [4.69, 9.17) is 10.6 Å². The third kappa shape index (κ3) is 3.40. The van der Waals surface area contributed by atoms with E-state index >= 15 is 0 Å². The minimum Gasteiger partial charge on any atom is -0.476 e. The molecule has 1 aromatic rings. The molecule has 1 heterocycles. The van der Waals surface area contributed by atoms with Crippen molar-refractivity contribution in [3.05, 3.63) is 26.5 Å². The van der Waals surface area contributed by atoms with Gasteiger partial charge in [-0.1, -0.05) is 5.11 Å². The minimum absolute atomic E-state index is 0.0237. The number of hydrogen-bond donors (Lipinski definition) is 3. The largest absolute Gasteiger partial charge is 0.476 e. The summed E-state index contributed by atoms with van der Waals surface area (Å²) in [6, 6.07) is 0. The highest BCUT2D eigenvalue weighted by Gasteiger charge is 2.25. The number of carboxylic acids is 1. The van der Waals surface area contributed by atoms with Gasteiger partial charge in [0.15, 0.2) is 5.69 Å². The molecule has 0 saturated carbocycles. The molecule has 1 aromatic heterocycles. The van der Waals surface area contributed by atoms with E-state index in [9.17, 15) is 15.0 Å². The van der Waals surface area contributed by atoms with Gasteiger partial charge in [0, 0.05) is 11.5 Å². The summed E-state index contributed by atoms with van der Waals surface area (Å²) < 4.78 is 0. The number of carbonyl (C=O) groups is 1. The summed E-state index contributed by atoms with van der Waals surface area (Å²) in [5, 5.41) is 31.3. The van der Waals surface area contributed by atoms with Gasteiger partial charge < -0.3 is 15.3 Å². The Morgan fingerprint density at radius 1 is 1.65 bits per heavy atom. The molecule has 0 fully saturated rings. The van der Waals surface area contributed by atoms with Crippen molar-refractivity contribution < 1.29 is 20.1 Å². The van der Waals surface area contributed by atoms with E-state index in [0.29, 0.717) is 0 Å². The summed E-state index contributed by atoms with van der Waals surface area (Å²) >= 11 is 0.948. The zero-order valence-corrected chi connectivity index (χ0v) is 9.41. The van der Waals surface area contributed by atoms with Gasteiger partial charge in [-0.2, -0.15) is 0 Å². The summed E-state index contributed by atoms with van der Waals surface area (Å²) in [6.45, 7) is 0.0237. The quantitative estimate of drug-likeness (QED) is 0.395. The van der Waals surface area contributed by atoms with E-state index in [2.05, 4.69) is 15.0 Å². The van der Waals surface area contributed by atoms with Gasteiger partial charge in [-0.3, -0.25) is 0 Å². The number of aliphatic hydroxyl groups excluding tert-OH is 2. The monoisotopic (exact) mass is 258 g/mol. The third-order valence-corrected chi connectivity index (χ3v) is 2.92. The number of azide groups is 1. The summed E-state index contributed by atoms with van der Waals surface area (Å²) in [7, 11) is 0. The van der Waals surface area contributed by atoms with Crippen molar-refractivity contribution in [1.29, 1.82) is 0 Å². The molecular formula is C8H10N4O4S. The van der Waals surface area contributed by atoms with Crippen LogP contribution in [0.5, 0.6) is 0 Å². The van der Waals surface area contributed by atoms with Gasteiger partial charge >= 0.3 is 5.97 Å². The fourth-order valence-corrected chi connectivity index (χ4v) is 2.01. The first-order chi connectivity index (χ1) is 8.07. The van der Waals surface area contributed by atoms with E-state index in [-0.39, 0.29) is 23.5 Å². The Kier molecular flexibility index (Phi) is 4.85. The van der Waals surface area contributed by atoms with Crippen LogP contribution < -0.4 is 0 Å². The second kappa shape index (κ2) is 6.16. The maximum atomic E-state index is 10.8. The Labute approximate surface area is 99.8 Å². The average Bonchev–Trinajstić information content (AvgIpc) is 2.77. The molecule has 0 aliphatic heterocycles. The lowest BCUT2D eigenvalue weighted by Crippen LogP contribution is -2.20. The molecule has 0 saturated heterocycles. The van der Waals surface area contributed by atoms with Crippen LogP contribution in [0, 0.1) is 0 Å². The first-order valence-corrected chi connectivity index (χ1v) is 5.49. The summed E-state index contributed by atoms with van der Waals surface area (Å²) in [5.74, 6) is -1.26. The molecule has 2 atom stereocenters. The van der Waals surface area contributed by atoms with Crippen molar-refractivity contribution in [3.8, 4) is 0 Å². The normalized spacial score (nSPS) is 13.8. The Morgan fingerprint density at radius 3 is 2.94 bits per heavy atom. The Balaban J connectivity index is 2.74. The highest BCUT2D eigenvalue weighted by molar-refractivity contribution is 7.10. The Hall–Kier alpha value is -1.67. The van der Waals surface area contributed by atoms with Crippen molar-refractivity contribution >= 4 is 17.3 Å². The smallest absolute Gasteiger partial charge is 0.355 e. The second-order valence-electron chi connectivity index (χ2n) is 3.13. The second-order valence-corrected chi connectivity index (χ2v) is 4.01. The molecule has 9 heteroatoms. The van der Waals surface area contributed by atoms with Gasteiger partial charge in [0.05, 0.1) is 16.5 Å². The molecule has 0 amide bonds. The zero-order chi connectivity index (χ0) is 12.8. The highest BCUT2D eigenvalue weighted by atomic mass is 32.1. The first kappa shape index (κ1) is 13.4. The van der Waals surface area contributed by atoms with Gasteiger partial charge in [0.1, 0.15) is 6.10 Å². The van der Waals surface area contributed by atoms with Crippen LogP contribution in [0.4, 0.5) is 0 Å². The van der Waals surface area contributed by atoms with Gasteiger partial charge in [0.2, 0.25) is 0 Å². The number of thiazole rings is 1. The SMILES string of the molecule is [N-]=[N+]=NCCC(O)C(O)c1scnc1C(=O)O. The van der Waals surface area contributed by atoms with E-state index in [1.54, 1.807) is 0 Å². The lowest BCUT2D eigenvalue weighted by molar-refractivity contribution is 0.0161. The van der Waals surface area contributed by atoms with E-state index in [1.807, 2.05) is 0 Å². The van der Waals surface area contributed by atoms with Crippen LogP contribution >= 0.6 is 11.3 Å². The Morgan fingerprint density at radius 2 is 2.35 bits per heavy atom. The van der Waals surface area contributed by atoms with Gasteiger partial charge in [-0.15, -0.1) is 11.3 Å². The number of aromatic carboxylic acids is 1. The van der Waals surface area contributed by atoms with Gasteiger partial charge in [-0.25, -0.2) is 9.78 Å². The summed E-state index contributed by atoms with van der Waals surface area (Å²) in [6.07, 6.45) is -2.50. The van der Waals surface area contributed by atoms with Crippen molar-refractivity contribution in [3.63, 3.8) is 0 Å². The van der Waals surface area contributed by atoms with Crippen LogP contribution in [0.3, 0.4) is 0 Å². The molecule has 3 N–H and O–H groups in total. The lowest BCUT2D eigenvalue weighted by atomic mass is 10.1. The van der Waals surface area contributed by atoms with Crippen LogP contribution in [0.1, 0.15) is 27.9 Å². The fourth-order valence-electron chi connectivity index (χ4n) is 1.19. The molecule has 0 bridgehead atoms. The maximum absolute atomic E-state index is 10.8. The highest BCUT2D eigenvalue weighted by Crippen LogP contribution is 2.26. The number of aromatic nitrogens is 1. The average molecular weight is 258 g/mol.